The molecule has 0 spiro atoms. The number of hydrogen-bond donors (Lipinski definition) is 1. The number of rotatable bonds is 4. The predicted molar refractivity (Wildman–Crippen MR) is 91.3 cm³/mol. The van der Waals surface area contributed by atoms with Gasteiger partial charge in [-0.2, -0.15) is 0 Å². The summed E-state index contributed by atoms with van der Waals surface area (Å²) in [7, 11) is 0. The van der Waals surface area contributed by atoms with Gasteiger partial charge in [0.15, 0.2) is 0 Å². The fraction of sp³-hybridized carbons (Fsp3) is 0.385. The van der Waals surface area contributed by atoms with Crippen LogP contribution in [0.2, 0.25) is 0 Å². The fourth-order valence-corrected chi connectivity index (χ4v) is 2.77. The van der Waals surface area contributed by atoms with Gasteiger partial charge in [0, 0.05) is 9.26 Å². The van der Waals surface area contributed by atoms with Crippen LogP contribution < -0.4 is 5.32 Å². The second kappa shape index (κ2) is 6.73. The molecular weight excluding hydrogens is 401 g/mol. The molecule has 0 fully saturated rings. The number of carbonyl (C=O) groups excluding carboxylic acids is 1. The minimum atomic E-state index is -0.210. The Morgan fingerprint density at radius 1 is 1.33 bits per heavy atom. The quantitative estimate of drug-likeness (QED) is 0.612. The van der Waals surface area contributed by atoms with E-state index in [9.17, 15) is 4.79 Å². The lowest BCUT2D eigenvalue weighted by molar-refractivity contribution is -0.113. The largest absolute Gasteiger partial charge is 0.325 e. The van der Waals surface area contributed by atoms with Crippen molar-refractivity contribution in [2.45, 2.75) is 31.5 Å². The summed E-state index contributed by atoms with van der Waals surface area (Å²) >= 11 is 3.55. The zero-order valence-electron chi connectivity index (χ0n) is 12.0. The van der Waals surface area contributed by atoms with Gasteiger partial charge in [-0.1, -0.05) is 11.8 Å². The molecule has 0 aliphatic rings. The molecule has 6 nitrogen and oxygen atoms in total. The number of hydrogen-bond acceptors (Lipinski definition) is 5. The van der Waals surface area contributed by atoms with Crippen molar-refractivity contribution in [3.05, 3.63) is 27.8 Å². The second-order valence-electron chi connectivity index (χ2n) is 5.39. The summed E-state index contributed by atoms with van der Waals surface area (Å²) in [4.78, 5) is 11.9. The number of tetrazole rings is 1. The molecule has 0 aliphatic heterocycles. The van der Waals surface area contributed by atoms with Crippen LogP contribution in [0.25, 0.3) is 0 Å². The van der Waals surface area contributed by atoms with E-state index in [1.807, 2.05) is 45.0 Å². The molecule has 0 bridgehead atoms. The highest BCUT2D eigenvalue weighted by molar-refractivity contribution is 14.1. The van der Waals surface area contributed by atoms with E-state index in [-0.39, 0.29) is 17.2 Å². The molecule has 2 aromatic rings. The van der Waals surface area contributed by atoms with Crippen molar-refractivity contribution in [1.29, 1.82) is 0 Å². The van der Waals surface area contributed by atoms with Crippen LogP contribution in [0.3, 0.4) is 0 Å². The van der Waals surface area contributed by atoms with Gasteiger partial charge in [-0.25, -0.2) is 4.68 Å². The molecular formula is C13H16IN5OS. The van der Waals surface area contributed by atoms with E-state index in [1.165, 1.54) is 11.8 Å². The van der Waals surface area contributed by atoms with E-state index in [0.717, 1.165) is 9.26 Å². The molecule has 21 heavy (non-hydrogen) atoms. The molecule has 0 saturated carbocycles. The van der Waals surface area contributed by atoms with Crippen molar-refractivity contribution in [3.63, 3.8) is 0 Å². The first-order valence-electron chi connectivity index (χ1n) is 6.33. The number of carbonyl (C=O) groups is 1. The van der Waals surface area contributed by atoms with E-state index < -0.39 is 0 Å². The third kappa shape index (κ3) is 4.67. The van der Waals surface area contributed by atoms with Crippen molar-refractivity contribution in [1.82, 2.24) is 20.2 Å². The number of anilines is 1. The summed E-state index contributed by atoms with van der Waals surface area (Å²) < 4.78 is 2.85. The summed E-state index contributed by atoms with van der Waals surface area (Å²) in [5.74, 6) is 0.187. The van der Waals surface area contributed by atoms with Crippen LogP contribution in [-0.4, -0.2) is 31.9 Å². The predicted octanol–water partition coefficient (Wildman–Crippen LogP) is 2.76. The maximum atomic E-state index is 11.9. The van der Waals surface area contributed by atoms with E-state index in [2.05, 4.69) is 43.4 Å². The third-order valence-electron chi connectivity index (χ3n) is 2.54. The van der Waals surface area contributed by atoms with Crippen LogP contribution in [0.4, 0.5) is 5.69 Å². The fourth-order valence-electron chi connectivity index (χ4n) is 1.55. The summed E-state index contributed by atoms with van der Waals surface area (Å²) in [6.07, 6.45) is 0. The van der Waals surface area contributed by atoms with Crippen molar-refractivity contribution in [2.24, 2.45) is 0 Å². The molecule has 1 aromatic carbocycles. The molecule has 1 N–H and O–H groups in total. The van der Waals surface area contributed by atoms with Gasteiger partial charge in [0.05, 0.1) is 11.3 Å². The Kier molecular flexibility index (Phi) is 5.20. The smallest absolute Gasteiger partial charge is 0.234 e. The van der Waals surface area contributed by atoms with Crippen LogP contribution in [-0.2, 0) is 10.3 Å². The zero-order valence-corrected chi connectivity index (χ0v) is 15.0. The molecule has 2 rings (SSSR count). The molecule has 1 aromatic heterocycles. The van der Waals surface area contributed by atoms with Gasteiger partial charge in [0.25, 0.3) is 0 Å². The third-order valence-corrected chi connectivity index (χ3v) is 4.18. The highest BCUT2D eigenvalue weighted by Gasteiger charge is 2.20. The average molecular weight is 417 g/mol. The van der Waals surface area contributed by atoms with E-state index in [0.29, 0.717) is 5.16 Å². The van der Waals surface area contributed by atoms with Crippen molar-refractivity contribution < 1.29 is 4.79 Å². The Labute approximate surface area is 141 Å². The molecule has 1 heterocycles. The molecule has 112 valence electrons. The molecule has 0 radical (unpaired) electrons. The monoisotopic (exact) mass is 417 g/mol. The molecule has 0 unspecified atom stereocenters. The van der Waals surface area contributed by atoms with Gasteiger partial charge in [0.1, 0.15) is 0 Å². The van der Waals surface area contributed by atoms with Crippen molar-refractivity contribution >= 4 is 45.9 Å². The van der Waals surface area contributed by atoms with Crippen LogP contribution in [0.5, 0.6) is 0 Å². The van der Waals surface area contributed by atoms with Gasteiger partial charge < -0.3 is 5.32 Å². The topological polar surface area (TPSA) is 72.7 Å². The van der Waals surface area contributed by atoms with Crippen LogP contribution in [0.15, 0.2) is 29.4 Å². The standard InChI is InChI=1S/C13H16IN5OS/c1-13(2,3)19-12(16-17-18-19)21-8-11(20)15-10-6-4-9(14)5-7-10/h4-7H,8H2,1-3H3,(H,15,20). The number of aromatic nitrogens is 4. The lowest BCUT2D eigenvalue weighted by Crippen LogP contribution is -2.24. The summed E-state index contributed by atoms with van der Waals surface area (Å²) in [5.41, 5.74) is 0.578. The summed E-state index contributed by atoms with van der Waals surface area (Å²) in [5, 5.41) is 15.1. The maximum absolute atomic E-state index is 11.9. The Morgan fingerprint density at radius 3 is 2.62 bits per heavy atom. The molecule has 0 aliphatic carbocycles. The number of amides is 1. The minimum Gasteiger partial charge on any atom is -0.325 e. The Balaban J connectivity index is 1.93. The number of thioether (sulfide) groups is 1. The zero-order chi connectivity index (χ0) is 15.5. The number of benzene rings is 1. The molecule has 0 atom stereocenters. The first-order chi connectivity index (χ1) is 9.86. The Bertz CT molecular complexity index is 620. The Hall–Kier alpha value is -1.16. The molecule has 8 heteroatoms. The SMILES string of the molecule is CC(C)(C)n1nnnc1SCC(=O)Nc1ccc(I)cc1. The number of halogens is 1. The lowest BCUT2D eigenvalue weighted by Gasteiger charge is -2.19. The van der Waals surface area contributed by atoms with E-state index >= 15 is 0 Å². The van der Waals surface area contributed by atoms with Crippen LogP contribution >= 0.6 is 34.4 Å². The minimum absolute atomic E-state index is 0.0790. The first-order valence-corrected chi connectivity index (χ1v) is 8.40. The van der Waals surface area contributed by atoms with Crippen LogP contribution in [0.1, 0.15) is 20.8 Å². The number of nitrogens with zero attached hydrogens (tertiary/aromatic N) is 4. The van der Waals surface area contributed by atoms with Gasteiger partial charge in [-0.3, -0.25) is 4.79 Å². The van der Waals surface area contributed by atoms with Gasteiger partial charge in [-0.15, -0.1) is 5.10 Å². The maximum Gasteiger partial charge on any atom is 0.234 e. The lowest BCUT2D eigenvalue weighted by atomic mass is 10.1. The Morgan fingerprint density at radius 2 is 2.00 bits per heavy atom. The van der Waals surface area contributed by atoms with Gasteiger partial charge in [-0.05, 0) is 78.1 Å². The number of nitrogens with one attached hydrogen (secondary N) is 1. The highest BCUT2D eigenvalue weighted by atomic mass is 127. The summed E-state index contributed by atoms with van der Waals surface area (Å²) in [6, 6.07) is 7.65. The first kappa shape index (κ1) is 16.2. The van der Waals surface area contributed by atoms with Gasteiger partial charge >= 0.3 is 0 Å². The summed E-state index contributed by atoms with van der Waals surface area (Å²) in [6.45, 7) is 6.04. The van der Waals surface area contributed by atoms with E-state index in [1.54, 1.807) is 4.68 Å². The normalized spacial score (nSPS) is 11.4. The second-order valence-corrected chi connectivity index (χ2v) is 7.58. The van der Waals surface area contributed by atoms with Crippen molar-refractivity contribution in [3.8, 4) is 0 Å². The van der Waals surface area contributed by atoms with Gasteiger partial charge in [0.2, 0.25) is 11.1 Å². The highest BCUT2D eigenvalue weighted by Crippen LogP contribution is 2.21. The molecule has 0 saturated heterocycles. The average Bonchev–Trinajstić information content (AvgIpc) is 2.87. The molecule has 1 amide bonds. The van der Waals surface area contributed by atoms with E-state index in [4.69, 9.17) is 0 Å². The van der Waals surface area contributed by atoms with Crippen LogP contribution in [0, 0.1) is 3.57 Å². The van der Waals surface area contributed by atoms with Crippen molar-refractivity contribution in [2.75, 3.05) is 11.1 Å².